The fourth-order valence-corrected chi connectivity index (χ4v) is 3.34. The summed E-state index contributed by atoms with van der Waals surface area (Å²) in [5.41, 5.74) is 6.29. The Hall–Kier alpha value is -0.540. The lowest BCUT2D eigenvalue weighted by atomic mass is 9.68. The summed E-state index contributed by atoms with van der Waals surface area (Å²) >= 11 is 3.46. The van der Waals surface area contributed by atoms with Gasteiger partial charge in [0.25, 0.3) is 0 Å². The lowest BCUT2D eigenvalue weighted by Gasteiger charge is -2.41. The number of rotatable bonds is 3. The van der Waals surface area contributed by atoms with E-state index < -0.39 is 0 Å². The van der Waals surface area contributed by atoms with Crippen molar-refractivity contribution in [1.82, 2.24) is 0 Å². The fourth-order valence-electron chi connectivity index (χ4n) is 3.08. The molecule has 1 aliphatic rings. The molecule has 1 aliphatic carbocycles. The molecule has 1 fully saturated rings. The Kier molecular flexibility index (Phi) is 5.14. The molecule has 3 heteroatoms. The molecule has 0 spiro atoms. The molecule has 0 heterocycles. The van der Waals surface area contributed by atoms with E-state index >= 15 is 0 Å². The fraction of sp³-hybridized carbons (Fsp3) is 0.647. The summed E-state index contributed by atoms with van der Waals surface area (Å²) in [6, 6.07) is 8.10. The summed E-state index contributed by atoms with van der Waals surface area (Å²) in [6.07, 6.45) is 3.81. The Morgan fingerprint density at radius 1 is 1.20 bits per heavy atom. The van der Waals surface area contributed by atoms with Crippen molar-refractivity contribution in [3.8, 4) is 5.75 Å². The van der Waals surface area contributed by atoms with E-state index in [2.05, 4.69) is 36.7 Å². The third kappa shape index (κ3) is 3.98. The minimum Gasteiger partial charge on any atom is -0.490 e. The summed E-state index contributed by atoms with van der Waals surface area (Å²) in [4.78, 5) is 0. The number of benzene rings is 1. The van der Waals surface area contributed by atoms with Crippen LogP contribution < -0.4 is 10.5 Å². The maximum Gasteiger partial charge on any atom is 0.119 e. The molecule has 2 N–H and O–H groups in total. The van der Waals surface area contributed by atoms with Gasteiger partial charge in [-0.25, -0.2) is 0 Å². The quantitative estimate of drug-likeness (QED) is 0.872. The van der Waals surface area contributed by atoms with Crippen molar-refractivity contribution in [2.75, 3.05) is 6.54 Å². The number of hydrogen-bond acceptors (Lipinski definition) is 2. The Balaban J connectivity index is 2.07. The van der Waals surface area contributed by atoms with Crippen LogP contribution in [-0.4, -0.2) is 12.6 Å². The molecule has 0 bridgehead atoms. The van der Waals surface area contributed by atoms with Crippen molar-refractivity contribution in [2.24, 2.45) is 23.0 Å². The van der Waals surface area contributed by atoms with Gasteiger partial charge in [0, 0.05) is 10.4 Å². The second kappa shape index (κ2) is 6.48. The van der Waals surface area contributed by atoms with Crippen LogP contribution >= 0.6 is 15.9 Å². The lowest BCUT2D eigenvalue weighted by Crippen LogP contribution is -2.41. The number of halogens is 1. The molecule has 0 saturated heterocycles. The van der Waals surface area contributed by atoms with Gasteiger partial charge in [-0.15, -0.1) is 0 Å². The zero-order valence-corrected chi connectivity index (χ0v) is 14.3. The van der Waals surface area contributed by atoms with Gasteiger partial charge in [-0.2, -0.15) is 0 Å². The summed E-state index contributed by atoms with van der Waals surface area (Å²) in [5.74, 6) is 2.15. The highest BCUT2D eigenvalue weighted by molar-refractivity contribution is 9.10. The van der Waals surface area contributed by atoms with Crippen molar-refractivity contribution >= 4 is 15.9 Å². The van der Waals surface area contributed by atoms with E-state index in [1.165, 1.54) is 12.8 Å². The third-order valence-corrected chi connectivity index (χ3v) is 5.09. The second-order valence-electron chi connectivity index (χ2n) is 6.98. The van der Waals surface area contributed by atoms with E-state index in [1.807, 2.05) is 24.3 Å². The van der Waals surface area contributed by atoms with Crippen molar-refractivity contribution in [3.63, 3.8) is 0 Å². The van der Waals surface area contributed by atoms with E-state index in [0.29, 0.717) is 17.3 Å². The number of hydrogen-bond donors (Lipinski definition) is 1. The molecular weight excluding hydrogens is 314 g/mol. The Morgan fingerprint density at radius 3 is 2.40 bits per heavy atom. The number of nitrogens with two attached hydrogens (primary N) is 1. The standard InChI is InChI=1S/C17H26BrNO/c1-17(2,3)13-5-4-12(11-19)16(10-13)20-15-8-6-14(18)7-9-15/h6-9,12-13,16H,4-5,10-11,19H2,1-3H3. The van der Waals surface area contributed by atoms with Gasteiger partial charge in [-0.1, -0.05) is 36.7 Å². The molecule has 0 radical (unpaired) electrons. The molecule has 0 amide bonds. The Bertz CT molecular complexity index is 424. The highest BCUT2D eigenvalue weighted by atomic mass is 79.9. The highest BCUT2D eigenvalue weighted by Gasteiger charge is 2.36. The van der Waals surface area contributed by atoms with Crippen LogP contribution in [0.3, 0.4) is 0 Å². The van der Waals surface area contributed by atoms with Gasteiger partial charge < -0.3 is 10.5 Å². The molecule has 1 saturated carbocycles. The summed E-state index contributed by atoms with van der Waals surface area (Å²) in [5, 5.41) is 0. The van der Waals surface area contributed by atoms with Crippen LogP contribution in [0.5, 0.6) is 5.75 Å². The smallest absolute Gasteiger partial charge is 0.119 e. The molecule has 20 heavy (non-hydrogen) atoms. The molecule has 1 aromatic carbocycles. The molecule has 0 aromatic heterocycles. The Labute approximate surface area is 131 Å². The maximum atomic E-state index is 6.24. The predicted molar refractivity (Wildman–Crippen MR) is 87.9 cm³/mol. The van der Waals surface area contributed by atoms with E-state index in [4.69, 9.17) is 10.5 Å². The minimum absolute atomic E-state index is 0.249. The maximum absolute atomic E-state index is 6.24. The van der Waals surface area contributed by atoms with Gasteiger partial charge in [0.1, 0.15) is 11.9 Å². The summed E-state index contributed by atoms with van der Waals surface area (Å²) in [7, 11) is 0. The predicted octanol–water partition coefficient (Wildman–Crippen LogP) is 4.62. The highest BCUT2D eigenvalue weighted by Crippen LogP contribution is 2.41. The SMILES string of the molecule is CC(C)(C)C1CCC(CN)C(Oc2ccc(Br)cc2)C1. The van der Waals surface area contributed by atoms with Crippen molar-refractivity contribution in [1.29, 1.82) is 0 Å². The van der Waals surface area contributed by atoms with Gasteiger partial charge in [0.15, 0.2) is 0 Å². The zero-order chi connectivity index (χ0) is 14.8. The minimum atomic E-state index is 0.249. The molecule has 1 aromatic rings. The van der Waals surface area contributed by atoms with E-state index in [9.17, 15) is 0 Å². The molecule has 3 atom stereocenters. The average Bonchev–Trinajstić information content (AvgIpc) is 2.40. The zero-order valence-electron chi connectivity index (χ0n) is 12.7. The van der Waals surface area contributed by atoms with E-state index in [-0.39, 0.29) is 6.10 Å². The topological polar surface area (TPSA) is 35.2 Å². The van der Waals surface area contributed by atoms with Crippen LogP contribution in [0.1, 0.15) is 40.0 Å². The van der Waals surface area contributed by atoms with Crippen LogP contribution in [0.4, 0.5) is 0 Å². The molecule has 3 unspecified atom stereocenters. The molecule has 0 aliphatic heterocycles. The second-order valence-corrected chi connectivity index (χ2v) is 7.90. The third-order valence-electron chi connectivity index (χ3n) is 4.56. The normalized spacial score (nSPS) is 27.4. The van der Waals surface area contributed by atoms with Crippen LogP contribution in [-0.2, 0) is 0 Å². The molecule has 112 valence electrons. The monoisotopic (exact) mass is 339 g/mol. The molecule has 2 rings (SSSR count). The Morgan fingerprint density at radius 2 is 1.85 bits per heavy atom. The largest absolute Gasteiger partial charge is 0.490 e. The lowest BCUT2D eigenvalue weighted by molar-refractivity contribution is 0.0331. The van der Waals surface area contributed by atoms with Crippen LogP contribution in [0.2, 0.25) is 0 Å². The average molecular weight is 340 g/mol. The van der Waals surface area contributed by atoms with Gasteiger partial charge in [-0.3, -0.25) is 0 Å². The molecular formula is C17H26BrNO. The first-order valence-electron chi connectivity index (χ1n) is 7.52. The van der Waals surface area contributed by atoms with Crippen molar-refractivity contribution in [3.05, 3.63) is 28.7 Å². The van der Waals surface area contributed by atoms with Crippen LogP contribution in [0.15, 0.2) is 28.7 Å². The summed E-state index contributed by atoms with van der Waals surface area (Å²) in [6.45, 7) is 7.71. The van der Waals surface area contributed by atoms with Crippen molar-refractivity contribution < 1.29 is 4.74 Å². The molecule has 2 nitrogen and oxygen atoms in total. The van der Waals surface area contributed by atoms with E-state index in [1.54, 1.807) is 0 Å². The van der Waals surface area contributed by atoms with Gasteiger partial charge in [0.05, 0.1) is 0 Å². The van der Waals surface area contributed by atoms with Crippen LogP contribution in [0, 0.1) is 17.3 Å². The first kappa shape index (κ1) is 15.8. The van der Waals surface area contributed by atoms with E-state index in [0.717, 1.165) is 23.2 Å². The van der Waals surface area contributed by atoms with Gasteiger partial charge in [-0.05, 0) is 61.4 Å². The first-order valence-corrected chi connectivity index (χ1v) is 8.31. The van der Waals surface area contributed by atoms with Crippen molar-refractivity contribution in [2.45, 2.75) is 46.1 Å². The van der Waals surface area contributed by atoms with Gasteiger partial charge in [0.2, 0.25) is 0 Å². The van der Waals surface area contributed by atoms with Gasteiger partial charge >= 0.3 is 0 Å². The number of ether oxygens (including phenoxy) is 1. The summed E-state index contributed by atoms with van der Waals surface area (Å²) < 4.78 is 7.32. The first-order chi connectivity index (χ1) is 9.40. The van der Waals surface area contributed by atoms with Crippen LogP contribution in [0.25, 0.3) is 0 Å².